The molecule has 1 aromatic carbocycles. The molecule has 0 saturated heterocycles. The Morgan fingerprint density at radius 2 is 1.96 bits per heavy atom. The first-order chi connectivity index (χ1) is 13.3. The predicted octanol–water partition coefficient (Wildman–Crippen LogP) is 3.37. The number of ether oxygens (including phenoxy) is 1. The first kappa shape index (κ1) is 20.5. The fourth-order valence-corrected chi connectivity index (χ4v) is 5.41. The van der Waals surface area contributed by atoms with Crippen molar-refractivity contribution >= 4 is 38.8 Å². The van der Waals surface area contributed by atoms with Crippen LogP contribution >= 0.6 is 11.3 Å². The van der Waals surface area contributed by atoms with E-state index in [1.54, 1.807) is 25.1 Å². The minimum Gasteiger partial charge on any atom is -0.453 e. The zero-order valence-electron chi connectivity index (χ0n) is 16.1. The molecule has 0 bridgehead atoms. The molecule has 0 radical (unpaired) electrons. The third-order valence-corrected chi connectivity index (χ3v) is 7.75. The van der Waals surface area contributed by atoms with Gasteiger partial charge in [0, 0.05) is 17.0 Å². The van der Waals surface area contributed by atoms with Gasteiger partial charge in [-0.05, 0) is 62.1 Å². The number of ketones is 1. The number of aryl methyl sites for hydroxylation is 2. The largest absolute Gasteiger partial charge is 0.453 e. The minimum atomic E-state index is -3.32. The van der Waals surface area contributed by atoms with Crippen molar-refractivity contribution in [2.75, 3.05) is 23.2 Å². The number of sulfonamides is 1. The average molecular weight is 422 g/mol. The third-order valence-electron chi connectivity index (χ3n) is 4.89. The van der Waals surface area contributed by atoms with Gasteiger partial charge in [-0.1, -0.05) is 6.92 Å². The fraction of sp³-hybridized carbons (Fsp3) is 0.400. The number of carbonyl (C=O) groups is 2. The van der Waals surface area contributed by atoms with Gasteiger partial charge in [0.15, 0.2) is 12.4 Å². The molecular weight excluding hydrogens is 398 g/mol. The van der Waals surface area contributed by atoms with Gasteiger partial charge >= 0.3 is 5.97 Å². The topological polar surface area (TPSA) is 80.8 Å². The van der Waals surface area contributed by atoms with E-state index in [4.69, 9.17) is 4.74 Å². The molecule has 0 fully saturated rings. The van der Waals surface area contributed by atoms with Gasteiger partial charge < -0.3 is 4.74 Å². The number of rotatable bonds is 7. The van der Waals surface area contributed by atoms with E-state index >= 15 is 0 Å². The molecule has 0 N–H and O–H groups in total. The highest BCUT2D eigenvalue weighted by Gasteiger charge is 2.28. The molecule has 0 atom stereocenters. The second-order valence-electron chi connectivity index (χ2n) is 6.61. The maximum Gasteiger partial charge on any atom is 0.348 e. The summed E-state index contributed by atoms with van der Waals surface area (Å²) in [6, 6.07) is 6.75. The Balaban J connectivity index is 1.68. The number of hydrogen-bond acceptors (Lipinski definition) is 6. The number of benzene rings is 1. The molecule has 1 aromatic heterocycles. The highest BCUT2D eigenvalue weighted by atomic mass is 32.2. The lowest BCUT2D eigenvalue weighted by Crippen LogP contribution is -2.30. The number of nitrogens with zero attached hydrogens (tertiary/aromatic N) is 1. The summed E-state index contributed by atoms with van der Waals surface area (Å²) in [4.78, 5) is 26.2. The van der Waals surface area contributed by atoms with E-state index in [-0.39, 0.29) is 18.1 Å². The first-order valence-corrected chi connectivity index (χ1v) is 11.6. The molecule has 0 amide bonds. The number of hydrogen-bond donors (Lipinski definition) is 0. The molecule has 28 heavy (non-hydrogen) atoms. The highest BCUT2D eigenvalue weighted by Crippen LogP contribution is 2.31. The summed E-state index contributed by atoms with van der Waals surface area (Å²) in [5.41, 5.74) is 2.96. The van der Waals surface area contributed by atoms with Gasteiger partial charge in [0.05, 0.1) is 11.4 Å². The second kappa shape index (κ2) is 8.05. The van der Waals surface area contributed by atoms with E-state index < -0.39 is 16.0 Å². The Labute approximate surface area is 169 Å². The molecule has 8 heteroatoms. The molecule has 0 spiro atoms. The van der Waals surface area contributed by atoms with Crippen molar-refractivity contribution in [2.24, 2.45) is 0 Å². The first-order valence-electron chi connectivity index (χ1n) is 9.19. The van der Waals surface area contributed by atoms with Crippen LogP contribution in [0.3, 0.4) is 0 Å². The molecule has 2 heterocycles. The van der Waals surface area contributed by atoms with E-state index in [1.807, 2.05) is 19.9 Å². The minimum absolute atomic E-state index is 0.0328. The van der Waals surface area contributed by atoms with Crippen LogP contribution in [0.1, 0.15) is 49.9 Å². The van der Waals surface area contributed by atoms with Crippen molar-refractivity contribution in [1.82, 2.24) is 0 Å². The molecule has 0 saturated carbocycles. The standard InChI is InChI=1S/C20H23NO5S2/c1-4-14-11-19(27-13(14)3)20(23)26-12-18(22)16-6-7-17-15(10-16)8-9-21(17)28(24,25)5-2/h6-7,10-11H,4-5,8-9,12H2,1-3H3. The molecular formula is C20H23NO5S2. The van der Waals surface area contributed by atoms with Crippen LogP contribution in [-0.4, -0.2) is 39.1 Å². The number of fused-ring (bicyclic) bond motifs is 1. The predicted molar refractivity (Wildman–Crippen MR) is 110 cm³/mol. The van der Waals surface area contributed by atoms with Crippen LogP contribution in [0.4, 0.5) is 5.69 Å². The highest BCUT2D eigenvalue weighted by molar-refractivity contribution is 7.92. The molecule has 3 rings (SSSR count). The molecule has 6 nitrogen and oxygen atoms in total. The van der Waals surface area contributed by atoms with E-state index in [1.165, 1.54) is 15.6 Å². The number of carbonyl (C=O) groups excluding carboxylic acids is 2. The van der Waals surface area contributed by atoms with Crippen molar-refractivity contribution in [1.29, 1.82) is 0 Å². The van der Waals surface area contributed by atoms with E-state index in [2.05, 4.69) is 0 Å². The van der Waals surface area contributed by atoms with Gasteiger partial charge in [0.2, 0.25) is 10.0 Å². The summed E-state index contributed by atoms with van der Waals surface area (Å²) in [6.07, 6.45) is 1.40. The van der Waals surface area contributed by atoms with Crippen molar-refractivity contribution < 1.29 is 22.7 Å². The maximum absolute atomic E-state index is 12.4. The zero-order valence-corrected chi connectivity index (χ0v) is 17.8. The zero-order chi connectivity index (χ0) is 20.5. The van der Waals surface area contributed by atoms with Crippen molar-refractivity contribution in [3.8, 4) is 0 Å². The van der Waals surface area contributed by atoms with E-state index in [0.717, 1.165) is 22.4 Å². The molecule has 2 aromatic rings. The van der Waals surface area contributed by atoms with E-state index in [9.17, 15) is 18.0 Å². The molecule has 0 aliphatic carbocycles. The van der Waals surface area contributed by atoms with Crippen LogP contribution in [0, 0.1) is 6.92 Å². The summed E-state index contributed by atoms with van der Waals surface area (Å²) in [5, 5.41) is 0. The maximum atomic E-state index is 12.4. The van der Waals surface area contributed by atoms with Gasteiger partial charge in [-0.3, -0.25) is 9.10 Å². The van der Waals surface area contributed by atoms with Crippen LogP contribution in [0.2, 0.25) is 0 Å². The van der Waals surface area contributed by atoms with Crippen LogP contribution < -0.4 is 4.31 Å². The van der Waals surface area contributed by atoms with Crippen LogP contribution in [0.5, 0.6) is 0 Å². The van der Waals surface area contributed by atoms with Gasteiger partial charge in [0.25, 0.3) is 0 Å². The lowest BCUT2D eigenvalue weighted by atomic mass is 10.1. The normalized spacial score (nSPS) is 13.5. The van der Waals surface area contributed by atoms with Gasteiger partial charge in [-0.25, -0.2) is 13.2 Å². The number of thiophene rings is 1. The number of esters is 1. The monoisotopic (exact) mass is 421 g/mol. The molecule has 1 aliphatic rings. The van der Waals surface area contributed by atoms with Gasteiger partial charge in [-0.15, -0.1) is 11.3 Å². The summed E-state index contributed by atoms with van der Waals surface area (Å²) in [7, 11) is -3.32. The Morgan fingerprint density at radius 1 is 1.21 bits per heavy atom. The SMILES string of the molecule is CCc1cc(C(=O)OCC(=O)c2ccc3c(c2)CCN3S(=O)(=O)CC)sc1C. The average Bonchev–Trinajstić information content (AvgIpc) is 3.28. The number of Topliss-reactive ketones (excluding diaryl/α,β-unsaturated/α-hetero) is 1. The number of anilines is 1. The second-order valence-corrected chi connectivity index (χ2v) is 10.0. The molecule has 0 unspecified atom stereocenters. The lowest BCUT2D eigenvalue weighted by Gasteiger charge is -2.18. The van der Waals surface area contributed by atoms with Crippen LogP contribution in [-0.2, 0) is 27.6 Å². The smallest absolute Gasteiger partial charge is 0.348 e. The Hall–Kier alpha value is -2.19. The third kappa shape index (κ3) is 3.98. The molecule has 1 aliphatic heterocycles. The Bertz CT molecular complexity index is 1020. The van der Waals surface area contributed by atoms with Crippen molar-refractivity contribution in [3.63, 3.8) is 0 Å². The van der Waals surface area contributed by atoms with Crippen molar-refractivity contribution in [3.05, 3.63) is 50.7 Å². The van der Waals surface area contributed by atoms with Gasteiger partial charge in [0.1, 0.15) is 4.88 Å². The van der Waals surface area contributed by atoms with E-state index in [0.29, 0.717) is 29.1 Å². The Kier molecular flexibility index (Phi) is 5.90. The van der Waals surface area contributed by atoms with Gasteiger partial charge in [-0.2, -0.15) is 0 Å². The summed E-state index contributed by atoms with van der Waals surface area (Å²) >= 11 is 1.37. The summed E-state index contributed by atoms with van der Waals surface area (Å²) in [6.45, 7) is 5.63. The lowest BCUT2D eigenvalue weighted by molar-refractivity contribution is 0.0479. The fourth-order valence-electron chi connectivity index (χ4n) is 3.25. The molecule has 150 valence electrons. The van der Waals surface area contributed by atoms with Crippen LogP contribution in [0.15, 0.2) is 24.3 Å². The summed E-state index contributed by atoms with van der Waals surface area (Å²) in [5.74, 6) is -0.773. The van der Waals surface area contributed by atoms with Crippen LogP contribution in [0.25, 0.3) is 0 Å². The quantitative estimate of drug-likeness (QED) is 0.506. The van der Waals surface area contributed by atoms with Crippen molar-refractivity contribution in [2.45, 2.75) is 33.6 Å². The summed E-state index contributed by atoms with van der Waals surface area (Å²) < 4.78 is 30.9. The Morgan fingerprint density at radius 3 is 2.61 bits per heavy atom.